The van der Waals surface area contributed by atoms with Crippen LogP contribution in [0.1, 0.15) is 46.2 Å². The molecule has 0 unspecified atom stereocenters. The van der Waals surface area contributed by atoms with E-state index in [9.17, 15) is 9.18 Å². The number of rotatable bonds is 6. The normalized spacial score (nSPS) is 14.3. The lowest BCUT2D eigenvalue weighted by molar-refractivity contribution is 0.102. The Bertz CT molecular complexity index is 703. The van der Waals surface area contributed by atoms with Crippen molar-refractivity contribution < 1.29 is 9.18 Å². The standard InChI is InChI=1S/C18H20FNOS/c1-12-8-17(13(2)20(12)16-6-7-16)18(21)11-22-10-14-4-3-5-15(19)9-14/h3-5,8-9,16H,6-7,10-11H2,1-2H3. The van der Waals surface area contributed by atoms with Crippen LogP contribution in [-0.2, 0) is 5.75 Å². The van der Waals surface area contributed by atoms with Gasteiger partial charge in [-0.3, -0.25) is 4.79 Å². The molecule has 0 saturated heterocycles. The first kappa shape index (κ1) is 15.3. The number of halogens is 1. The minimum atomic E-state index is -0.225. The van der Waals surface area contributed by atoms with Crippen LogP contribution in [0.5, 0.6) is 0 Å². The van der Waals surface area contributed by atoms with Crippen molar-refractivity contribution in [3.63, 3.8) is 0 Å². The molecule has 1 aliphatic rings. The average Bonchev–Trinajstić information content (AvgIpc) is 3.25. The Hall–Kier alpha value is -1.55. The van der Waals surface area contributed by atoms with Crippen molar-refractivity contribution >= 4 is 17.5 Å². The second-order valence-electron chi connectivity index (χ2n) is 5.93. The zero-order valence-electron chi connectivity index (χ0n) is 12.9. The third kappa shape index (κ3) is 3.27. The molecule has 0 atom stereocenters. The van der Waals surface area contributed by atoms with E-state index in [0.717, 1.165) is 16.8 Å². The van der Waals surface area contributed by atoms with Crippen LogP contribution >= 0.6 is 11.8 Å². The number of hydrogen-bond acceptors (Lipinski definition) is 2. The zero-order valence-corrected chi connectivity index (χ0v) is 13.8. The molecule has 1 saturated carbocycles. The van der Waals surface area contributed by atoms with E-state index in [2.05, 4.69) is 11.5 Å². The maximum Gasteiger partial charge on any atom is 0.174 e. The molecule has 4 heteroatoms. The summed E-state index contributed by atoms with van der Waals surface area (Å²) >= 11 is 1.54. The number of Topliss-reactive ketones (excluding diaryl/α,β-unsaturated/α-hetero) is 1. The fourth-order valence-corrected chi connectivity index (χ4v) is 3.78. The molecule has 1 aromatic heterocycles. The van der Waals surface area contributed by atoms with Gasteiger partial charge < -0.3 is 4.57 Å². The lowest BCUT2D eigenvalue weighted by atomic mass is 10.2. The highest BCUT2D eigenvalue weighted by Gasteiger charge is 2.28. The highest BCUT2D eigenvalue weighted by atomic mass is 32.2. The van der Waals surface area contributed by atoms with Crippen LogP contribution in [0.3, 0.4) is 0 Å². The van der Waals surface area contributed by atoms with Crippen LogP contribution in [-0.4, -0.2) is 16.1 Å². The van der Waals surface area contributed by atoms with Gasteiger partial charge in [0.2, 0.25) is 0 Å². The van der Waals surface area contributed by atoms with E-state index >= 15 is 0 Å². The maximum absolute atomic E-state index is 13.1. The maximum atomic E-state index is 13.1. The molecule has 0 radical (unpaired) electrons. The molecular weight excluding hydrogens is 297 g/mol. The molecule has 3 rings (SSSR count). The van der Waals surface area contributed by atoms with Crippen LogP contribution in [0.15, 0.2) is 30.3 Å². The van der Waals surface area contributed by atoms with Crippen LogP contribution in [0, 0.1) is 19.7 Å². The minimum absolute atomic E-state index is 0.168. The Labute approximate surface area is 134 Å². The van der Waals surface area contributed by atoms with Gasteiger partial charge >= 0.3 is 0 Å². The number of benzene rings is 1. The summed E-state index contributed by atoms with van der Waals surface area (Å²) in [6.45, 7) is 4.11. The molecule has 1 heterocycles. The van der Waals surface area contributed by atoms with Gasteiger partial charge in [0.05, 0.1) is 5.75 Å². The van der Waals surface area contributed by atoms with Crippen LogP contribution < -0.4 is 0 Å². The molecule has 1 aliphatic carbocycles. The predicted molar refractivity (Wildman–Crippen MR) is 89.1 cm³/mol. The molecule has 1 aromatic carbocycles. The molecule has 2 nitrogen and oxygen atoms in total. The van der Waals surface area contributed by atoms with E-state index < -0.39 is 0 Å². The largest absolute Gasteiger partial charge is 0.345 e. The predicted octanol–water partition coefficient (Wildman–Crippen LogP) is 4.70. The summed E-state index contributed by atoms with van der Waals surface area (Å²) in [5.41, 5.74) is 4.03. The van der Waals surface area contributed by atoms with Gasteiger partial charge in [-0.2, -0.15) is 0 Å². The van der Waals surface area contributed by atoms with Gasteiger partial charge in [-0.05, 0) is 50.5 Å². The van der Waals surface area contributed by atoms with Gasteiger partial charge in [0, 0.05) is 28.7 Å². The summed E-state index contributed by atoms with van der Waals surface area (Å²) in [7, 11) is 0. The van der Waals surface area contributed by atoms with Gasteiger partial charge in [-0.15, -0.1) is 11.8 Å². The first-order valence-electron chi connectivity index (χ1n) is 7.60. The van der Waals surface area contributed by atoms with Gasteiger partial charge in [0.25, 0.3) is 0 Å². The summed E-state index contributed by atoms with van der Waals surface area (Å²) in [5, 5.41) is 0. The molecule has 1 fully saturated rings. The molecule has 22 heavy (non-hydrogen) atoms. The van der Waals surface area contributed by atoms with E-state index in [1.54, 1.807) is 17.8 Å². The summed E-state index contributed by atoms with van der Waals surface area (Å²) in [4.78, 5) is 12.4. The van der Waals surface area contributed by atoms with Crippen LogP contribution in [0.4, 0.5) is 4.39 Å². The number of carbonyl (C=O) groups excluding carboxylic acids is 1. The number of nitrogens with zero attached hydrogens (tertiary/aromatic N) is 1. The average molecular weight is 317 g/mol. The quantitative estimate of drug-likeness (QED) is 0.721. The van der Waals surface area contributed by atoms with E-state index in [1.165, 1.54) is 30.7 Å². The molecule has 0 aliphatic heterocycles. The fraction of sp³-hybridized carbons (Fsp3) is 0.389. The number of ketones is 1. The lowest BCUT2D eigenvalue weighted by Gasteiger charge is -2.07. The minimum Gasteiger partial charge on any atom is -0.345 e. The number of aryl methyl sites for hydroxylation is 1. The van der Waals surface area contributed by atoms with Crippen molar-refractivity contribution in [1.82, 2.24) is 4.57 Å². The number of thioether (sulfide) groups is 1. The molecular formula is C18H20FNOS. The Morgan fingerprint density at radius 3 is 2.77 bits per heavy atom. The summed E-state index contributed by atoms with van der Waals surface area (Å²) in [6, 6.07) is 9.17. The highest BCUT2D eigenvalue weighted by molar-refractivity contribution is 7.99. The first-order chi connectivity index (χ1) is 10.6. The highest BCUT2D eigenvalue weighted by Crippen LogP contribution is 2.38. The van der Waals surface area contributed by atoms with Crippen molar-refractivity contribution in [3.8, 4) is 0 Å². The Morgan fingerprint density at radius 1 is 1.32 bits per heavy atom. The SMILES string of the molecule is Cc1cc(C(=O)CSCc2cccc(F)c2)c(C)n1C1CC1. The van der Waals surface area contributed by atoms with Crippen molar-refractivity contribution in [3.05, 3.63) is 58.7 Å². The van der Waals surface area contributed by atoms with Gasteiger partial charge in [0.15, 0.2) is 5.78 Å². The van der Waals surface area contributed by atoms with Crippen molar-refractivity contribution in [2.24, 2.45) is 0 Å². The van der Waals surface area contributed by atoms with Gasteiger partial charge in [-0.1, -0.05) is 12.1 Å². The molecule has 116 valence electrons. The summed E-state index contributed by atoms with van der Waals surface area (Å²) in [5.74, 6) is 1.04. The van der Waals surface area contributed by atoms with E-state index in [-0.39, 0.29) is 11.6 Å². The van der Waals surface area contributed by atoms with E-state index in [4.69, 9.17) is 0 Å². The topological polar surface area (TPSA) is 22.0 Å². The third-order valence-corrected chi connectivity index (χ3v) is 5.09. The first-order valence-corrected chi connectivity index (χ1v) is 8.75. The lowest BCUT2D eigenvalue weighted by Crippen LogP contribution is -2.06. The van der Waals surface area contributed by atoms with E-state index in [1.807, 2.05) is 19.1 Å². The molecule has 0 amide bonds. The number of hydrogen-bond donors (Lipinski definition) is 0. The van der Waals surface area contributed by atoms with Crippen molar-refractivity contribution in [2.75, 3.05) is 5.75 Å². The van der Waals surface area contributed by atoms with Crippen LogP contribution in [0.25, 0.3) is 0 Å². The second kappa shape index (κ2) is 6.29. The van der Waals surface area contributed by atoms with Gasteiger partial charge in [-0.25, -0.2) is 4.39 Å². The molecule has 0 spiro atoms. The Kier molecular flexibility index (Phi) is 4.39. The second-order valence-corrected chi connectivity index (χ2v) is 6.92. The fourth-order valence-electron chi connectivity index (χ4n) is 2.92. The molecule has 0 bridgehead atoms. The Morgan fingerprint density at radius 2 is 2.09 bits per heavy atom. The summed E-state index contributed by atoms with van der Waals surface area (Å²) < 4.78 is 15.4. The molecule has 0 N–H and O–H groups in total. The van der Waals surface area contributed by atoms with Crippen molar-refractivity contribution in [2.45, 2.75) is 38.5 Å². The van der Waals surface area contributed by atoms with Gasteiger partial charge in [0.1, 0.15) is 5.82 Å². The Balaban J connectivity index is 1.61. The molecule has 2 aromatic rings. The van der Waals surface area contributed by atoms with Crippen molar-refractivity contribution in [1.29, 1.82) is 0 Å². The monoisotopic (exact) mass is 317 g/mol. The smallest absolute Gasteiger partial charge is 0.174 e. The third-order valence-electron chi connectivity index (χ3n) is 4.09. The number of aromatic nitrogens is 1. The van der Waals surface area contributed by atoms with E-state index in [0.29, 0.717) is 17.5 Å². The van der Waals surface area contributed by atoms with Crippen LogP contribution in [0.2, 0.25) is 0 Å². The number of carbonyl (C=O) groups is 1. The summed E-state index contributed by atoms with van der Waals surface area (Å²) in [6.07, 6.45) is 2.44. The zero-order chi connectivity index (χ0) is 15.7.